The summed E-state index contributed by atoms with van der Waals surface area (Å²) in [6.45, 7) is 4.42. The summed E-state index contributed by atoms with van der Waals surface area (Å²) in [5.41, 5.74) is 0. The van der Waals surface area contributed by atoms with E-state index in [2.05, 4.69) is 5.32 Å². The Bertz CT molecular complexity index is 309. The topological polar surface area (TPSA) is 86.7 Å². The molecule has 2 unspecified atom stereocenters. The summed E-state index contributed by atoms with van der Waals surface area (Å²) >= 11 is 0. The van der Waals surface area contributed by atoms with Crippen molar-refractivity contribution >= 4 is 22.8 Å². The number of urea groups is 1. The van der Waals surface area contributed by atoms with E-state index in [0.29, 0.717) is 25.3 Å². The second-order valence-electron chi connectivity index (χ2n) is 4.10. The predicted molar refractivity (Wildman–Crippen MR) is 71.0 cm³/mol. The normalized spacial score (nSPS) is 13.7. The third kappa shape index (κ3) is 7.26. The molecule has 18 heavy (non-hydrogen) atoms. The van der Waals surface area contributed by atoms with E-state index in [-0.39, 0.29) is 18.5 Å². The predicted octanol–water partition coefficient (Wildman–Crippen LogP) is 0.650. The van der Waals surface area contributed by atoms with Crippen LogP contribution in [0.15, 0.2) is 0 Å². The van der Waals surface area contributed by atoms with Crippen molar-refractivity contribution in [2.24, 2.45) is 0 Å². The highest BCUT2D eigenvalue weighted by atomic mass is 32.2. The Morgan fingerprint density at radius 1 is 1.44 bits per heavy atom. The smallest absolute Gasteiger partial charge is 0.317 e. The van der Waals surface area contributed by atoms with Gasteiger partial charge in [-0.05, 0) is 20.3 Å². The molecule has 0 bridgehead atoms. The summed E-state index contributed by atoms with van der Waals surface area (Å²) in [5, 5.41) is 11.4. The SMILES string of the molecule is CCN(C(=O)NCCCS(C)=O)C(C)CC(=O)O. The van der Waals surface area contributed by atoms with Gasteiger partial charge in [0.25, 0.3) is 0 Å². The van der Waals surface area contributed by atoms with Crippen molar-refractivity contribution in [1.82, 2.24) is 10.2 Å². The number of hydrogen-bond acceptors (Lipinski definition) is 3. The molecule has 0 saturated carbocycles. The molecule has 0 aromatic heterocycles. The Balaban J connectivity index is 4.10. The molecule has 0 fully saturated rings. The Kier molecular flexibility index (Phi) is 8.36. The van der Waals surface area contributed by atoms with Crippen molar-refractivity contribution in [2.45, 2.75) is 32.7 Å². The van der Waals surface area contributed by atoms with Crippen molar-refractivity contribution in [3.8, 4) is 0 Å². The van der Waals surface area contributed by atoms with E-state index < -0.39 is 16.8 Å². The first kappa shape index (κ1) is 16.9. The van der Waals surface area contributed by atoms with Crippen LogP contribution >= 0.6 is 0 Å². The minimum atomic E-state index is -0.921. The highest BCUT2D eigenvalue weighted by Gasteiger charge is 2.20. The Morgan fingerprint density at radius 2 is 2.06 bits per heavy atom. The van der Waals surface area contributed by atoms with E-state index in [4.69, 9.17) is 5.11 Å². The fourth-order valence-electron chi connectivity index (χ4n) is 1.59. The molecular formula is C11H22N2O4S. The number of aliphatic carboxylic acids is 1. The quantitative estimate of drug-likeness (QED) is 0.638. The summed E-state index contributed by atoms with van der Waals surface area (Å²) in [6, 6.07) is -0.610. The van der Waals surface area contributed by atoms with E-state index in [0.717, 1.165) is 0 Å². The first-order chi connectivity index (χ1) is 8.38. The van der Waals surface area contributed by atoms with Gasteiger partial charge in [-0.2, -0.15) is 0 Å². The van der Waals surface area contributed by atoms with Crippen molar-refractivity contribution in [1.29, 1.82) is 0 Å². The van der Waals surface area contributed by atoms with Crippen LogP contribution in [0.2, 0.25) is 0 Å². The van der Waals surface area contributed by atoms with Crippen molar-refractivity contribution in [3.05, 3.63) is 0 Å². The second kappa shape index (κ2) is 8.91. The van der Waals surface area contributed by atoms with Gasteiger partial charge in [-0.3, -0.25) is 9.00 Å². The summed E-state index contributed by atoms with van der Waals surface area (Å²) in [7, 11) is -0.852. The molecular weight excluding hydrogens is 256 g/mol. The Hall–Kier alpha value is -1.11. The highest BCUT2D eigenvalue weighted by Crippen LogP contribution is 2.04. The summed E-state index contributed by atoms with van der Waals surface area (Å²) in [5.74, 6) is -0.369. The lowest BCUT2D eigenvalue weighted by atomic mass is 10.2. The van der Waals surface area contributed by atoms with Crippen molar-refractivity contribution in [3.63, 3.8) is 0 Å². The van der Waals surface area contributed by atoms with Crippen LogP contribution in [0.3, 0.4) is 0 Å². The lowest BCUT2D eigenvalue weighted by Crippen LogP contribution is -2.46. The van der Waals surface area contributed by atoms with Gasteiger partial charge < -0.3 is 15.3 Å². The maximum absolute atomic E-state index is 11.8. The van der Waals surface area contributed by atoms with Crippen molar-refractivity contribution < 1.29 is 18.9 Å². The maximum atomic E-state index is 11.8. The molecule has 0 saturated heterocycles. The molecule has 0 rings (SSSR count). The molecule has 0 heterocycles. The van der Waals surface area contributed by atoms with Crippen LogP contribution in [0.25, 0.3) is 0 Å². The maximum Gasteiger partial charge on any atom is 0.317 e. The first-order valence-electron chi connectivity index (χ1n) is 5.94. The van der Waals surface area contributed by atoms with E-state index in [1.54, 1.807) is 20.1 Å². The zero-order valence-electron chi connectivity index (χ0n) is 11.1. The van der Waals surface area contributed by atoms with Gasteiger partial charge in [0.05, 0.1) is 6.42 Å². The molecule has 0 radical (unpaired) electrons. The number of carbonyl (C=O) groups excluding carboxylic acids is 1. The molecule has 0 aliphatic carbocycles. The molecule has 0 aromatic carbocycles. The molecule has 7 heteroatoms. The van der Waals surface area contributed by atoms with Crippen molar-refractivity contribution in [2.75, 3.05) is 25.1 Å². The van der Waals surface area contributed by atoms with Gasteiger partial charge in [-0.15, -0.1) is 0 Å². The lowest BCUT2D eigenvalue weighted by Gasteiger charge is -2.27. The zero-order chi connectivity index (χ0) is 14.1. The Labute approximate surface area is 110 Å². The molecule has 0 spiro atoms. The van der Waals surface area contributed by atoms with E-state index in [1.807, 2.05) is 0 Å². The van der Waals surface area contributed by atoms with E-state index >= 15 is 0 Å². The van der Waals surface area contributed by atoms with Crippen LogP contribution in [-0.4, -0.2) is 57.4 Å². The molecule has 2 amide bonds. The second-order valence-corrected chi connectivity index (χ2v) is 5.65. The summed E-state index contributed by atoms with van der Waals surface area (Å²) < 4.78 is 10.8. The third-order valence-electron chi connectivity index (χ3n) is 2.49. The van der Waals surface area contributed by atoms with Gasteiger partial charge in [0.1, 0.15) is 0 Å². The van der Waals surface area contributed by atoms with Gasteiger partial charge in [0.15, 0.2) is 0 Å². The molecule has 0 aromatic rings. The minimum Gasteiger partial charge on any atom is -0.481 e. The largest absolute Gasteiger partial charge is 0.481 e. The Morgan fingerprint density at radius 3 is 2.50 bits per heavy atom. The van der Waals surface area contributed by atoms with Crippen LogP contribution in [0.1, 0.15) is 26.7 Å². The standard InChI is InChI=1S/C11H22N2O4S/c1-4-13(9(2)8-10(14)15)11(16)12-6-5-7-18(3)17/h9H,4-8H2,1-3H3,(H,12,16)(H,14,15). The number of nitrogens with zero attached hydrogens (tertiary/aromatic N) is 1. The number of amides is 2. The number of carboxylic acid groups (broad SMARTS) is 1. The average Bonchev–Trinajstić information content (AvgIpc) is 2.24. The summed E-state index contributed by atoms with van der Waals surface area (Å²) in [6.07, 6.45) is 2.20. The van der Waals surface area contributed by atoms with Gasteiger partial charge in [0.2, 0.25) is 0 Å². The highest BCUT2D eigenvalue weighted by molar-refractivity contribution is 7.84. The van der Waals surface area contributed by atoms with Crippen LogP contribution < -0.4 is 5.32 Å². The van der Waals surface area contributed by atoms with Gasteiger partial charge in [-0.25, -0.2) is 4.79 Å². The molecule has 0 aliphatic heterocycles. The molecule has 2 N–H and O–H groups in total. The number of nitrogens with one attached hydrogen (secondary N) is 1. The van der Waals surface area contributed by atoms with Crippen LogP contribution in [0, 0.1) is 0 Å². The van der Waals surface area contributed by atoms with Gasteiger partial charge >= 0.3 is 12.0 Å². The number of carbonyl (C=O) groups is 2. The van der Waals surface area contributed by atoms with E-state index in [9.17, 15) is 13.8 Å². The summed E-state index contributed by atoms with van der Waals surface area (Å²) in [4.78, 5) is 23.9. The average molecular weight is 278 g/mol. The molecule has 106 valence electrons. The van der Waals surface area contributed by atoms with E-state index in [1.165, 1.54) is 4.90 Å². The fourth-order valence-corrected chi connectivity index (χ4v) is 2.14. The zero-order valence-corrected chi connectivity index (χ0v) is 12.0. The fraction of sp³-hybridized carbons (Fsp3) is 0.818. The molecule has 6 nitrogen and oxygen atoms in total. The molecule has 0 aliphatic rings. The third-order valence-corrected chi connectivity index (χ3v) is 3.35. The first-order valence-corrected chi connectivity index (χ1v) is 7.67. The van der Waals surface area contributed by atoms with Gasteiger partial charge in [-0.1, -0.05) is 0 Å². The molecule has 2 atom stereocenters. The number of hydrogen-bond donors (Lipinski definition) is 2. The van der Waals surface area contributed by atoms with Crippen LogP contribution in [0.4, 0.5) is 4.79 Å². The monoisotopic (exact) mass is 278 g/mol. The van der Waals surface area contributed by atoms with Crippen LogP contribution in [0.5, 0.6) is 0 Å². The number of rotatable bonds is 8. The van der Waals surface area contributed by atoms with Gasteiger partial charge in [0, 0.05) is 41.9 Å². The lowest BCUT2D eigenvalue weighted by molar-refractivity contribution is -0.138. The minimum absolute atomic E-state index is 0.0692. The van der Waals surface area contributed by atoms with Crippen LogP contribution in [-0.2, 0) is 15.6 Å². The number of carboxylic acids is 1.